The maximum absolute atomic E-state index is 11.9. The van der Waals surface area contributed by atoms with Crippen molar-refractivity contribution < 1.29 is 4.79 Å². The summed E-state index contributed by atoms with van der Waals surface area (Å²) in [5, 5.41) is 0. The number of allylic oxidation sites excluding steroid dienone is 2. The summed E-state index contributed by atoms with van der Waals surface area (Å²) in [6.07, 6.45) is 4.62. The van der Waals surface area contributed by atoms with Crippen LogP contribution < -0.4 is 0 Å². The van der Waals surface area contributed by atoms with Gasteiger partial charge in [0.15, 0.2) is 0 Å². The zero-order chi connectivity index (χ0) is 15.3. The van der Waals surface area contributed by atoms with Crippen molar-refractivity contribution in [3.8, 4) is 0 Å². The Balaban J connectivity index is 2.59. The summed E-state index contributed by atoms with van der Waals surface area (Å²) in [6, 6.07) is 0. The summed E-state index contributed by atoms with van der Waals surface area (Å²) in [5.41, 5.74) is 1.50. The van der Waals surface area contributed by atoms with Crippen LogP contribution in [0.15, 0.2) is 11.6 Å². The van der Waals surface area contributed by atoms with E-state index >= 15 is 0 Å². The molecule has 1 aliphatic carbocycles. The highest BCUT2D eigenvalue weighted by Gasteiger charge is 2.29. The lowest BCUT2D eigenvalue weighted by molar-refractivity contribution is -0.130. The molecule has 0 heterocycles. The molecule has 3 nitrogen and oxygen atoms in total. The van der Waals surface area contributed by atoms with E-state index in [1.54, 1.807) is 6.92 Å². The van der Waals surface area contributed by atoms with Crippen LogP contribution in [0.4, 0.5) is 0 Å². The van der Waals surface area contributed by atoms with Crippen LogP contribution in [-0.2, 0) is 4.79 Å². The summed E-state index contributed by atoms with van der Waals surface area (Å²) in [5.74, 6) is 2.07. The summed E-state index contributed by atoms with van der Waals surface area (Å²) >= 11 is 0. The average Bonchev–Trinajstić information content (AvgIpc) is 2.30. The van der Waals surface area contributed by atoms with Crippen molar-refractivity contribution in [2.45, 2.75) is 40.5 Å². The fraction of sp³-hybridized carbons (Fsp3) is 0.824. The fourth-order valence-corrected chi connectivity index (χ4v) is 3.37. The fourth-order valence-electron chi connectivity index (χ4n) is 3.37. The summed E-state index contributed by atoms with van der Waals surface area (Å²) < 4.78 is 0. The molecule has 0 aromatic heterocycles. The first-order valence-corrected chi connectivity index (χ1v) is 7.88. The van der Waals surface area contributed by atoms with E-state index in [1.807, 2.05) is 0 Å². The summed E-state index contributed by atoms with van der Waals surface area (Å²) in [4.78, 5) is 16.1. The highest BCUT2D eigenvalue weighted by molar-refractivity contribution is 5.73. The molecule has 0 aliphatic heterocycles. The van der Waals surface area contributed by atoms with Gasteiger partial charge in [0.05, 0.1) is 0 Å². The van der Waals surface area contributed by atoms with Crippen LogP contribution in [0.3, 0.4) is 0 Å². The molecule has 20 heavy (non-hydrogen) atoms. The zero-order valence-electron chi connectivity index (χ0n) is 14.1. The van der Waals surface area contributed by atoms with Gasteiger partial charge in [-0.25, -0.2) is 0 Å². The molecule has 0 fully saturated rings. The van der Waals surface area contributed by atoms with E-state index in [1.165, 1.54) is 12.0 Å². The molecule has 0 aromatic carbocycles. The van der Waals surface area contributed by atoms with E-state index in [2.05, 4.69) is 50.7 Å². The first kappa shape index (κ1) is 17.2. The quantitative estimate of drug-likeness (QED) is 0.698. The normalized spacial score (nSPS) is 26.6. The third-order valence-electron chi connectivity index (χ3n) is 4.51. The summed E-state index contributed by atoms with van der Waals surface area (Å²) in [7, 11) is 4.16. The molecular weight excluding hydrogens is 248 g/mol. The Morgan fingerprint density at radius 1 is 1.30 bits per heavy atom. The monoisotopic (exact) mass is 280 g/mol. The first-order chi connectivity index (χ1) is 9.31. The lowest BCUT2D eigenvalue weighted by Gasteiger charge is -2.37. The minimum atomic E-state index is 0.217. The van der Waals surface area contributed by atoms with Crippen LogP contribution in [0.5, 0.6) is 0 Å². The smallest absolute Gasteiger partial charge is 0.219 e. The second kappa shape index (κ2) is 7.82. The van der Waals surface area contributed by atoms with E-state index in [-0.39, 0.29) is 5.91 Å². The largest absolute Gasteiger partial charge is 0.343 e. The molecule has 1 amide bonds. The molecular formula is C17H32N2O. The minimum Gasteiger partial charge on any atom is -0.343 e. The summed E-state index contributed by atoms with van der Waals surface area (Å²) in [6.45, 7) is 11.4. The van der Waals surface area contributed by atoms with Crippen molar-refractivity contribution in [1.29, 1.82) is 0 Å². The third-order valence-corrected chi connectivity index (χ3v) is 4.51. The van der Waals surface area contributed by atoms with E-state index in [0.717, 1.165) is 26.1 Å². The van der Waals surface area contributed by atoms with Crippen molar-refractivity contribution in [1.82, 2.24) is 9.80 Å². The van der Waals surface area contributed by atoms with Crippen LogP contribution >= 0.6 is 0 Å². The molecule has 0 saturated carbocycles. The third kappa shape index (κ3) is 5.28. The van der Waals surface area contributed by atoms with Gasteiger partial charge in [-0.3, -0.25) is 4.79 Å². The van der Waals surface area contributed by atoms with Crippen LogP contribution in [0.2, 0.25) is 0 Å². The number of carbonyl (C=O) groups is 1. The Kier molecular flexibility index (Phi) is 6.74. The van der Waals surface area contributed by atoms with Crippen LogP contribution in [0.25, 0.3) is 0 Å². The predicted octanol–water partition coefficient (Wildman–Crippen LogP) is 3.03. The highest BCUT2D eigenvalue weighted by Crippen LogP contribution is 2.34. The lowest BCUT2D eigenvalue weighted by atomic mass is 9.74. The van der Waals surface area contributed by atoms with Crippen LogP contribution in [0, 0.1) is 17.8 Å². The van der Waals surface area contributed by atoms with E-state index < -0.39 is 0 Å². The zero-order valence-corrected chi connectivity index (χ0v) is 14.1. The molecule has 0 unspecified atom stereocenters. The van der Waals surface area contributed by atoms with Crippen molar-refractivity contribution in [2.24, 2.45) is 17.8 Å². The molecule has 0 radical (unpaired) electrons. The van der Waals surface area contributed by atoms with Crippen molar-refractivity contribution in [2.75, 3.05) is 33.7 Å². The molecule has 3 atom stereocenters. The molecule has 1 aliphatic rings. The van der Waals surface area contributed by atoms with Gasteiger partial charge in [-0.1, -0.05) is 25.5 Å². The lowest BCUT2D eigenvalue weighted by Crippen LogP contribution is -2.40. The molecule has 0 saturated heterocycles. The number of amides is 1. The number of hydrogen-bond acceptors (Lipinski definition) is 2. The minimum absolute atomic E-state index is 0.217. The topological polar surface area (TPSA) is 23.6 Å². The van der Waals surface area contributed by atoms with Gasteiger partial charge in [-0.15, -0.1) is 0 Å². The SMILES string of the molecule is CC(=O)N(CCCN(C)C)C[C@H]1[C@H](C)C=C(C)C[C@H]1C. The van der Waals surface area contributed by atoms with Crippen LogP contribution in [-0.4, -0.2) is 49.4 Å². The van der Waals surface area contributed by atoms with Gasteiger partial charge in [0.1, 0.15) is 0 Å². The Morgan fingerprint density at radius 3 is 2.45 bits per heavy atom. The molecule has 0 spiro atoms. The Morgan fingerprint density at radius 2 is 1.95 bits per heavy atom. The Hall–Kier alpha value is -0.830. The van der Waals surface area contributed by atoms with E-state index in [9.17, 15) is 4.79 Å². The highest BCUT2D eigenvalue weighted by atomic mass is 16.2. The first-order valence-electron chi connectivity index (χ1n) is 7.88. The maximum atomic E-state index is 11.9. The second-order valence-electron chi connectivity index (χ2n) is 6.84. The molecule has 1 rings (SSSR count). The van der Waals surface area contributed by atoms with E-state index in [4.69, 9.17) is 0 Å². The molecule has 0 N–H and O–H groups in total. The molecule has 116 valence electrons. The van der Waals surface area contributed by atoms with Gasteiger partial charge in [-0.05, 0) is 58.2 Å². The number of nitrogens with zero attached hydrogens (tertiary/aromatic N) is 2. The Bertz CT molecular complexity index is 349. The molecule has 0 bridgehead atoms. The maximum Gasteiger partial charge on any atom is 0.219 e. The average molecular weight is 280 g/mol. The van der Waals surface area contributed by atoms with E-state index in [0.29, 0.717) is 17.8 Å². The van der Waals surface area contributed by atoms with Gasteiger partial charge < -0.3 is 9.80 Å². The molecule has 3 heteroatoms. The Labute approximate surface area is 125 Å². The number of hydrogen-bond donors (Lipinski definition) is 0. The van der Waals surface area contributed by atoms with Gasteiger partial charge in [0.25, 0.3) is 0 Å². The standard InChI is InChI=1S/C17H32N2O/c1-13-10-14(2)17(15(3)11-13)12-19(16(4)20)9-7-8-18(5)6/h10,14-15,17H,7-9,11-12H2,1-6H3/t14-,15-,17+/m1/s1. The number of carbonyl (C=O) groups excluding carboxylic acids is 1. The van der Waals surface area contributed by atoms with Crippen molar-refractivity contribution in [3.05, 3.63) is 11.6 Å². The van der Waals surface area contributed by atoms with Crippen molar-refractivity contribution >= 4 is 5.91 Å². The van der Waals surface area contributed by atoms with Crippen molar-refractivity contribution in [3.63, 3.8) is 0 Å². The van der Waals surface area contributed by atoms with Crippen LogP contribution in [0.1, 0.15) is 40.5 Å². The van der Waals surface area contributed by atoms with Gasteiger partial charge in [0.2, 0.25) is 5.91 Å². The second-order valence-corrected chi connectivity index (χ2v) is 6.84. The van der Waals surface area contributed by atoms with Gasteiger partial charge in [0, 0.05) is 20.0 Å². The number of rotatable bonds is 6. The van der Waals surface area contributed by atoms with Gasteiger partial charge >= 0.3 is 0 Å². The van der Waals surface area contributed by atoms with Gasteiger partial charge in [-0.2, -0.15) is 0 Å². The predicted molar refractivity (Wildman–Crippen MR) is 85.6 cm³/mol. The molecule has 0 aromatic rings.